The summed E-state index contributed by atoms with van der Waals surface area (Å²) in [5, 5.41) is 3.20. The van der Waals surface area contributed by atoms with E-state index in [1.807, 2.05) is 24.3 Å². The standard InChI is InChI=1S/C16H10BrClN2O2S/c17-11-5-3-10(4-6-11)13(8-12-2-1-7-22-12)15(21)20-16-19-9-14(18)23-16/h1-9H,(H,19,20,21)/b13-8+. The Kier molecular flexibility index (Phi) is 4.95. The first-order chi connectivity index (χ1) is 11.1. The maximum absolute atomic E-state index is 12.6. The maximum Gasteiger partial charge on any atom is 0.258 e. The van der Waals surface area contributed by atoms with Crippen LogP contribution in [0.5, 0.6) is 0 Å². The van der Waals surface area contributed by atoms with Gasteiger partial charge in [0.2, 0.25) is 0 Å². The van der Waals surface area contributed by atoms with Gasteiger partial charge in [0.15, 0.2) is 5.13 Å². The second-order valence-electron chi connectivity index (χ2n) is 4.50. The Morgan fingerprint density at radius 3 is 2.70 bits per heavy atom. The molecule has 2 aromatic heterocycles. The maximum atomic E-state index is 12.6. The first-order valence-electron chi connectivity index (χ1n) is 6.55. The molecule has 0 aliphatic heterocycles. The van der Waals surface area contributed by atoms with Gasteiger partial charge >= 0.3 is 0 Å². The van der Waals surface area contributed by atoms with Gasteiger partial charge in [-0.05, 0) is 35.9 Å². The lowest BCUT2D eigenvalue weighted by Crippen LogP contribution is -2.13. The molecule has 0 aliphatic rings. The summed E-state index contributed by atoms with van der Waals surface area (Å²) in [6, 6.07) is 11.0. The first kappa shape index (κ1) is 16.0. The van der Waals surface area contributed by atoms with Crippen LogP contribution < -0.4 is 5.32 Å². The van der Waals surface area contributed by atoms with E-state index in [0.29, 0.717) is 20.8 Å². The van der Waals surface area contributed by atoms with Gasteiger partial charge in [-0.3, -0.25) is 10.1 Å². The van der Waals surface area contributed by atoms with E-state index >= 15 is 0 Å². The molecule has 0 atom stereocenters. The quantitative estimate of drug-likeness (QED) is 0.592. The minimum absolute atomic E-state index is 0.283. The molecule has 0 spiro atoms. The number of amides is 1. The fourth-order valence-electron chi connectivity index (χ4n) is 1.90. The van der Waals surface area contributed by atoms with Gasteiger partial charge in [-0.1, -0.05) is 51.0 Å². The van der Waals surface area contributed by atoms with Crippen molar-refractivity contribution in [3.63, 3.8) is 0 Å². The van der Waals surface area contributed by atoms with Gasteiger partial charge in [-0.15, -0.1) is 0 Å². The zero-order valence-electron chi connectivity index (χ0n) is 11.6. The number of rotatable bonds is 4. The number of hydrogen-bond acceptors (Lipinski definition) is 4. The van der Waals surface area contributed by atoms with Crippen molar-refractivity contribution in [1.29, 1.82) is 0 Å². The topological polar surface area (TPSA) is 55.1 Å². The van der Waals surface area contributed by atoms with E-state index in [1.165, 1.54) is 17.5 Å². The molecule has 0 fully saturated rings. The summed E-state index contributed by atoms with van der Waals surface area (Å²) in [5.41, 5.74) is 1.24. The fourth-order valence-corrected chi connectivity index (χ4v) is 2.97. The first-order valence-corrected chi connectivity index (χ1v) is 8.54. The predicted octanol–water partition coefficient (Wildman–Crippen LogP) is 5.33. The normalized spacial score (nSPS) is 11.5. The van der Waals surface area contributed by atoms with Crippen molar-refractivity contribution >= 4 is 61.6 Å². The zero-order chi connectivity index (χ0) is 16.2. The molecule has 3 rings (SSSR count). The molecule has 1 amide bonds. The van der Waals surface area contributed by atoms with Crippen LogP contribution in [0.3, 0.4) is 0 Å². The third-order valence-electron chi connectivity index (χ3n) is 2.93. The minimum Gasteiger partial charge on any atom is -0.465 e. The van der Waals surface area contributed by atoms with Crippen LogP contribution >= 0.6 is 38.9 Å². The van der Waals surface area contributed by atoms with Crippen molar-refractivity contribution in [1.82, 2.24) is 4.98 Å². The third kappa shape index (κ3) is 4.10. The Balaban J connectivity index is 1.94. The van der Waals surface area contributed by atoms with Gasteiger partial charge in [-0.25, -0.2) is 4.98 Å². The highest BCUT2D eigenvalue weighted by Gasteiger charge is 2.15. The van der Waals surface area contributed by atoms with Crippen molar-refractivity contribution in [3.8, 4) is 0 Å². The lowest BCUT2D eigenvalue weighted by Gasteiger charge is -2.07. The second-order valence-corrected chi connectivity index (χ2v) is 7.08. The number of halogens is 2. The molecule has 2 heterocycles. The number of hydrogen-bond donors (Lipinski definition) is 1. The van der Waals surface area contributed by atoms with E-state index in [-0.39, 0.29) is 5.91 Å². The summed E-state index contributed by atoms with van der Waals surface area (Å²) in [6.07, 6.45) is 4.74. The molecular formula is C16H10BrClN2O2S. The molecule has 0 unspecified atom stereocenters. The number of nitrogens with zero attached hydrogens (tertiary/aromatic N) is 1. The van der Waals surface area contributed by atoms with Crippen molar-refractivity contribution in [2.24, 2.45) is 0 Å². The van der Waals surface area contributed by atoms with Crippen LogP contribution in [0.15, 0.2) is 57.7 Å². The van der Waals surface area contributed by atoms with Crippen LogP contribution in [0.2, 0.25) is 4.34 Å². The molecule has 4 nitrogen and oxygen atoms in total. The summed E-state index contributed by atoms with van der Waals surface area (Å²) >= 11 is 10.4. The van der Waals surface area contributed by atoms with Crippen LogP contribution in [0.4, 0.5) is 5.13 Å². The summed E-state index contributed by atoms with van der Waals surface area (Å²) < 4.78 is 6.76. The fraction of sp³-hybridized carbons (Fsp3) is 0. The van der Waals surface area contributed by atoms with Crippen molar-refractivity contribution in [3.05, 3.63) is 69.0 Å². The van der Waals surface area contributed by atoms with Gasteiger partial charge in [0.05, 0.1) is 18.0 Å². The van der Waals surface area contributed by atoms with Gasteiger partial charge in [0.25, 0.3) is 5.91 Å². The van der Waals surface area contributed by atoms with Crippen LogP contribution in [0.25, 0.3) is 11.6 Å². The van der Waals surface area contributed by atoms with Crippen LogP contribution in [0, 0.1) is 0 Å². The molecule has 0 saturated heterocycles. The predicted molar refractivity (Wildman–Crippen MR) is 96.5 cm³/mol. The highest BCUT2D eigenvalue weighted by Crippen LogP contribution is 2.26. The van der Waals surface area contributed by atoms with E-state index < -0.39 is 0 Å². The van der Waals surface area contributed by atoms with Crippen LogP contribution in [-0.2, 0) is 4.79 Å². The van der Waals surface area contributed by atoms with Gasteiger partial charge in [0, 0.05) is 4.47 Å². The lowest BCUT2D eigenvalue weighted by molar-refractivity contribution is -0.111. The number of anilines is 1. The average Bonchev–Trinajstić information content (AvgIpc) is 3.17. The Bertz CT molecular complexity index is 841. The SMILES string of the molecule is O=C(Nc1ncc(Cl)s1)/C(=C/c1ccco1)c1ccc(Br)cc1. The van der Waals surface area contributed by atoms with Crippen molar-refractivity contribution < 1.29 is 9.21 Å². The van der Waals surface area contributed by atoms with Gasteiger partial charge in [-0.2, -0.15) is 0 Å². The number of aromatic nitrogens is 1. The molecule has 1 N–H and O–H groups in total. The molecule has 23 heavy (non-hydrogen) atoms. The van der Waals surface area contributed by atoms with Gasteiger partial charge < -0.3 is 4.42 Å². The van der Waals surface area contributed by atoms with E-state index in [2.05, 4.69) is 26.2 Å². The molecule has 0 saturated carbocycles. The van der Waals surface area contributed by atoms with Crippen LogP contribution in [0.1, 0.15) is 11.3 Å². The highest BCUT2D eigenvalue weighted by atomic mass is 79.9. The lowest BCUT2D eigenvalue weighted by atomic mass is 10.0. The number of thiazole rings is 1. The summed E-state index contributed by atoms with van der Waals surface area (Å²) in [5.74, 6) is 0.310. The second kappa shape index (κ2) is 7.12. The van der Waals surface area contributed by atoms with Crippen molar-refractivity contribution in [2.75, 3.05) is 5.32 Å². The average molecular weight is 410 g/mol. The third-order valence-corrected chi connectivity index (χ3v) is 4.49. The van der Waals surface area contributed by atoms with E-state index in [0.717, 1.165) is 10.0 Å². The van der Waals surface area contributed by atoms with E-state index in [1.54, 1.807) is 24.5 Å². The van der Waals surface area contributed by atoms with E-state index in [4.69, 9.17) is 16.0 Å². The molecule has 0 radical (unpaired) electrons. The van der Waals surface area contributed by atoms with Crippen molar-refractivity contribution in [2.45, 2.75) is 0 Å². The molecule has 0 aliphatic carbocycles. The summed E-state index contributed by atoms with van der Waals surface area (Å²) in [6.45, 7) is 0. The number of carbonyl (C=O) groups excluding carboxylic acids is 1. The zero-order valence-corrected chi connectivity index (χ0v) is 14.8. The molecule has 3 aromatic rings. The Hall–Kier alpha value is -1.89. The summed E-state index contributed by atoms with van der Waals surface area (Å²) in [7, 11) is 0. The monoisotopic (exact) mass is 408 g/mol. The smallest absolute Gasteiger partial charge is 0.258 e. The molecular weight excluding hydrogens is 400 g/mol. The Morgan fingerprint density at radius 1 is 1.30 bits per heavy atom. The number of benzene rings is 1. The van der Waals surface area contributed by atoms with Crippen LogP contribution in [-0.4, -0.2) is 10.9 Å². The number of carbonyl (C=O) groups is 1. The summed E-state index contributed by atoms with van der Waals surface area (Å²) in [4.78, 5) is 16.7. The molecule has 7 heteroatoms. The molecule has 1 aromatic carbocycles. The number of nitrogens with one attached hydrogen (secondary N) is 1. The molecule has 0 bridgehead atoms. The number of furan rings is 1. The minimum atomic E-state index is -0.283. The molecule has 116 valence electrons. The highest BCUT2D eigenvalue weighted by molar-refractivity contribution is 9.10. The largest absolute Gasteiger partial charge is 0.465 e. The van der Waals surface area contributed by atoms with Gasteiger partial charge in [0.1, 0.15) is 10.1 Å². The Labute approximate surface area is 149 Å². The Morgan fingerprint density at radius 2 is 2.09 bits per heavy atom. The van der Waals surface area contributed by atoms with E-state index in [9.17, 15) is 4.79 Å².